The zero-order valence-corrected chi connectivity index (χ0v) is 7.81. The van der Waals surface area contributed by atoms with Gasteiger partial charge in [-0.2, -0.15) is 0 Å². The summed E-state index contributed by atoms with van der Waals surface area (Å²) in [5, 5.41) is 2.97. The van der Waals surface area contributed by atoms with E-state index in [0.29, 0.717) is 0 Å². The average Bonchev–Trinajstić information content (AvgIpc) is 2.30. The second-order valence-electron chi connectivity index (χ2n) is 2.78. The summed E-state index contributed by atoms with van der Waals surface area (Å²) < 4.78 is 0. The topological polar surface area (TPSA) is 50.7 Å². The van der Waals surface area contributed by atoms with Crippen LogP contribution in [0.1, 0.15) is 0 Å². The van der Waals surface area contributed by atoms with Gasteiger partial charge in [-0.1, -0.05) is 0 Å². The average molecular weight is 186 g/mol. The van der Waals surface area contributed by atoms with E-state index in [1.54, 1.807) is 12.4 Å². The van der Waals surface area contributed by atoms with E-state index >= 15 is 0 Å². The van der Waals surface area contributed by atoms with Gasteiger partial charge in [0.15, 0.2) is 0 Å². The maximum Gasteiger partial charge on any atom is 0.129 e. The summed E-state index contributed by atoms with van der Waals surface area (Å²) in [5.41, 5.74) is 1.86. The van der Waals surface area contributed by atoms with E-state index in [2.05, 4.69) is 20.3 Å². The first-order valence-electron chi connectivity index (χ1n) is 4.30. The Hall–Kier alpha value is -1.97. The molecular formula is C10H10N4. The number of rotatable bonds is 2. The first-order valence-corrected chi connectivity index (χ1v) is 4.30. The summed E-state index contributed by atoms with van der Waals surface area (Å²) in [6, 6.07) is 5.74. The van der Waals surface area contributed by atoms with Gasteiger partial charge in [0.2, 0.25) is 0 Å². The SMILES string of the molecule is CNc1cc(-c2cccnc2)ncn1. The van der Waals surface area contributed by atoms with Gasteiger partial charge in [0, 0.05) is 31.1 Å². The summed E-state index contributed by atoms with van der Waals surface area (Å²) in [7, 11) is 1.83. The molecule has 0 saturated carbocycles. The monoisotopic (exact) mass is 186 g/mol. The van der Waals surface area contributed by atoms with E-state index < -0.39 is 0 Å². The van der Waals surface area contributed by atoms with Gasteiger partial charge in [0.05, 0.1) is 5.69 Å². The highest BCUT2D eigenvalue weighted by molar-refractivity contribution is 5.60. The molecule has 0 aromatic carbocycles. The summed E-state index contributed by atoms with van der Waals surface area (Å²) in [5.74, 6) is 0.804. The van der Waals surface area contributed by atoms with Gasteiger partial charge in [-0.3, -0.25) is 4.98 Å². The van der Waals surface area contributed by atoms with Crippen LogP contribution in [0.4, 0.5) is 5.82 Å². The summed E-state index contributed by atoms with van der Waals surface area (Å²) >= 11 is 0. The van der Waals surface area contributed by atoms with E-state index in [1.807, 2.05) is 25.2 Å². The fourth-order valence-corrected chi connectivity index (χ4v) is 1.17. The van der Waals surface area contributed by atoms with Crippen molar-refractivity contribution in [1.82, 2.24) is 15.0 Å². The number of anilines is 1. The van der Waals surface area contributed by atoms with Crippen LogP contribution < -0.4 is 5.32 Å². The summed E-state index contributed by atoms with van der Waals surface area (Å²) in [6.07, 6.45) is 5.06. The molecule has 0 aliphatic rings. The molecule has 0 unspecified atom stereocenters. The molecule has 0 bridgehead atoms. The van der Waals surface area contributed by atoms with Gasteiger partial charge < -0.3 is 5.32 Å². The molecule has 0 saturated heterocycles. The molecule has 0 aliphatic heterocycles. The smallest absolute Gasteiger partial charge is 0.129 e. The molecule has 0 radical (unpaired) electrons. The Morgan fingerprint density at radius 1 is 1.29 bits per heavy atom. The number of pyridine rings is 1. The first-order chi connectivity index (χ1) is 6.90. The van der Waals surface area contributed by atoms with Crippen molar-refractivity contribution >= 4 is 5.82 Å². The molecule has 4 nitrogen and oxygen atoms in total. The Labute approximate surface area is 82.1 Å². The van der Waals surface area contributed by atoms with Crippen LogP contribution in [-0.2, 0) is 0 Å². The van der Waals surface area contributed by atoms with Gasteiger partial charge >= 0.3 is 0 Å². The predicted molar refractivity (Wildman–Crippen MR) is 54.8 cm³/mol. The number of aromatic nitrogens is 3. The summed E-state index contributed by atoms with van der Waals surface area (Å²) in [4.78, 5) is 12.2. The molecular weight excluding hydrogens is 176 g/mol. The Kier molecular flexibility index (Phi) is 2.36. The molecule has 0 amide bonds. The van der Waals surface area contributed by atoms with Gasteiger partial charge in [-0.05, 0) is 12.1 Å². The van der Waals surface area contributed by atoms with Crippen LogP contribution in [0.25, 0.3) is 11.3 Å². The molecule has 4 heteroatoms. The van der Waals surface area contributed by atoms with Crippen molar-refractivity contribution in [3.63, 3.8) is 0 Å². The third kappa shape index (κ3) is 1.69. The lowest BCUT2D eigenvalue weighted by Crippen LogP contribution is -1.94. The van der Waals surface area contributed by atoms with E-state index in [0.717, 1.165) is 17.1 Å². The van der Waals surface area contributed by atoms with Crippen molar-refractivity contribution in [2.45, 2.75) is 0 Å². The van der Waals surface area contributed by atoms with Crippen LogP contribution in [0.15, 0.2) is 36.9 Å². The van der Waals surface area contributed by atoms with Crippen molar-refractivity contribution in [1.29, 1.82) is 0 Å². The lowest BCUT2D eigenvalue weighted by molar-refractivity contribution is 1.16. The Balaban J connectivity index is 2.42. The van der Waals surface area contributed by atoms with E-state index in [9.17, 15) is 0 Å². The lowest BCUT2D eigenvalue weighted by Gasteiger charge is -2.01. The quantitative estimate of drug-likeness (QED) is 0.773. The zero-order valence-electron chi connectivity index (χ0n) is 7.81. The van der Waals surface area contributed by atoms with Crippen molar-refractivity contribution in [2.75, 3.05) is 12.4 Å². The molecule has 14 heavy (non-hydrogen) atoms. The zero-order chi connectivity index (χ0) is 9.80. The van der Waals surface area contributed by atoms with Crippen molar-refractivity contribution in [3.05, 3.63) is 36.9 Å². The molecule has 1 N–H and O–H groups in total. The number of nitrogens with zero attached hydrogens (tertiary/aromatic N) is 3. The minimum atomic E-state index is 0.804. The molecule has 2 aromatic heterocycles. The standard InChI is InChI=1S/C10H10N4/c1-11-10-5-9(13-7-14-10)8-3-2-4-12-6-8/h2-7H,1H3,(H,11,13,14). The van der Waals surface area contributed by atoms with E-state index in [4.69, 9.17) is 0 Å². The minimum Gasteiger partial charge on any atom is -0.373 e. The normalized spacial score (nSPS) is 9.79. The third-order valence-electron chi connectivity index (χ3n) is 1.88. The predicted octanol–water partition coefficient (Wildman–Crippen LogP) is 1.58. The maximum atomic E-state index is 4.17. The highest BCUT2D eigenvalue weighted by atomic mass is 15.0. The maximum absolute atomic E-state index is 4.17. The van der Waals surface area contributed by atoms with Crippen LogP contribution in [0.5, 0.6) is 0 Å². The van der Waals surface area contributed by atoms with Gasteiger partial charge in [0.1, 0.15) is 12.1 Å². The number of hydrogen-bond acceptors (Lipinski definition) is 4. The highest BCUT2D eigenvalue weighted by Gasteiger charge is 1.99. The fourth-order valence-electron chi connectivity index (χ4n) is 1.17. The summed E-state index contributed by atoms with van der Waals surface area (Å²) in [6.45, 7) is 0. The molecule has 70 valence electrons. The Morgan fingerprint density at radius 2 is 2.21 bits per heavy atom. The van der Waals surface area contributed by atoms with Gasteiger partial charge in [0.25, 0.3) is 0 Å². The highest BCUT2D eigenvalue weighted by Crippen LogP contribution is 2.16. The first kappa shape index (κ1) is 8.62. The van der Waals surface area contributed by atoms with Gasteiger partial charge in [-0.25, -0.2) is 9.97 Å². The van der Waals surface area contributed by atoms with Crippen LogP contribution in [0.3, 0.4) is 0 Å². The largest absolute Gasteiger partial charge is 0.373 e. The van der Waals surface area contributed by atoms with Crippen LogP contribution in [0.2, 0.25) is 0 Å². The van der Waals surface area contributed by atoms with Crippen molar-refractivity contribution < 1.29 is 0 Å². The van der Waals surface area contributed by atoms with Crippen LogP contribution >= 0.6 is 0 Å². The van der Waals surface area contributed by atoms with Crippen molar-refractivity contribution in [3.8, 4) is 11.3 Å². The lowest BCUT2D eigenvalue weighted by atomic mass is 10.2. The molecule has 2 rings (SSSR count). The molecule has 2 aromatic rings. The minimum absolute atomic E-state index is 0.804. The van der Waals surface area contributed by atoms with E-state index in [-0.39, 0.29) is 0 Å². The third-order valence-corrected chi connectivity index (χ3v) is 1.88. The van der Waals surface area contributed by atoms with Crippen LogP contribution in [-0.4, -0.2) is 22.0 Å². The van der Waals surface area contributed by atoms with Gasteiger partial charge in [-0.15, -0.1) is 0 Å². The molecule has 0 atom stereocenters. The van der Waals surface area contributed by atoms with E-state index in [1.165, 1.54) is 6.33 Å². The second-order valence-corrected chi connectivity index (χ2v) is 2.78. The number of hydrogen-bond donors (Lipinski definition) is 1. The Bertz CT molecular complexity index is 413. The Morgan fingerprint density at radius 3 is 2.93 bits per heavy atom. The molecule has 0 aliphatic carbocycles. The molecule has 2 heterocycles. The molecule has 0 spiro atoms. The second kappa shape index (κ2) is 3.83. The van der Waals surface area contributed by atoms with Crippen LogP contribution in [0, 0.1) is 0 Å². The fraction of sp³-hybridized carbons (Fsp3) is 0.100. The molecule has 0 fully saturated rings. The number of nitrogens with one attached hydrogen (secondary N) is 1. The van der Waals surface area contributed by atoms with Crippen molar-refractivity contribution in [2.24, 2.45) is 0 Å².